The summed E-state index contributed by atoms with van der Waals surface area (Å²) in [4.78, 5) is 55.2. The molecule has 6 rings (SSSR count). The van der Waals surface area contributed by atoms with Crippen molar-refractivity contribution in [1.29, 1.82) is 0 Å². The van der Waals surface area contributed by atoms with E-state index in [2.05, 4.69) is 24.3 Å². The first-order valence-electron chi connectivity index (χ1n) is 21.6. The number of rotatable bonds is 9. The number of hydrogen-bond acceptors (Lipinski definition) is 14. The monoisotopic (exact) mass is 841 g/mol. The molecule has 0 radical (unpaired) electrons. The number of aliphatic imine (C=N–C) groups is 1. The average molecular weight is 842 g/mol. The number of nitrogens with one attached hydrogen (secondary N) is 1. The van der Waals surface area contributed by atoms with Gasteiger partial charge in [0.25, 0.3) is 5.91 Å². The van der Waals surface area contributed by atoms with Crippen LogP contribution in [0.4, 0.5) is 4.79 Å². The highest BCUT2D eigenvalue weighted by molar-refractivity contribution is 5.94. The molecule has 0 spiro atoms. The van der Waals surface area contributed by atoms with Crippen molar-refractivity contribution >= 4 is 29.4 Å². The molecule has 4 fully saturated rings. The van der Waals surface area contributed by atoms with Crippen LogP contribution in [0.15, 0.2) is 40.5 Å². The number of amides is 2. The minimum Gasteiger partial charge on any atom is -0.458 e. The number of aliphatic hydroxyl groups excluding tert-OH is 1. The van der Waals surface area contributed by atoms with E-state index in [0.717, 1.165) is 5.71 Å². The molecule has 2 N–H and O–H groups in total. The van der Waals surface area contributed by atoms with Gasteiger partial charge in [-0.15, -0.1) is 0 Å². The third-order valence-corrected chi connectivity index (χ3v) is 13.3. The maximum Gasteiger partial charge on any atom is 0.410 e. The number of benzene rings is 1. The van der Waals surface area contributed by atoms with Crippen LogP contribution >= 0.6 is 0 Å². The molecule has 0 aromatic heterocycles. The highest BCUT2D eigenvalue weighted by Crippen LogP contribution is 2.45. The highest BCUT2D eigenvalue weighted by atomic mass is 16.7. The molecular formula is C44H67N5O11. The Morgan fingerprint density at radius 2 is 1.82 bits per heavy atom. The fourth-order valence-electron chi connectivity index (χ4n) is 10.3. The summed E-state index contributed by atoms with van der Waals surface area (Å²) in [6.45, 7) is 16.6. The minimum absolute atomic E-state index is 0.0146. The van der Waals surface area contributed by atoms with Crippen molar-refractivity contribution in [3.63, 3.8) is 0 Å². The topological polar surface area (TPSA) is 179 Å². The Morgan fingerprint density at radius 3 is 2.52 bits per heavy atom. The van der Waals surface area contributed by atoms with Crippen LogP contribution in [0.3, 0.4) is 0 Å². The van der Waals surface area contributed by atoms with E-state index in [9.17, 15) is 19.5 Å². The number of ether oxygens (including phenoxy) is 6. The van der Waals surface area contributed by atoms with Gasteiger partial charge in [0.15, 0.2) is 11.9 Å². The molecule has 2 amide bonds. The molecule has 14 atom stereocenters. The van der Waals surface area contributed by atoms with Gasteiger partial charge in [-0.2, -0.15) is 0 Å². The fourth-order valence-corrected chi connectivity index (χ4v) is 10.3. The van der Waals surface area contributed by atoms with Gasteiger partial charge in [-0.25, -0.2) is 4.79 Å². The summed E-state index contributed by atoms with van der Waals surface area (Å²) < 4.78 is 39.7. The summed E-state index contributed by atoms with van der Waals surface area (Å²) >= 11 is 0. The van der Waals surface area contributed by atoms with Crippen molar-refractivity contribution < 1.29 is 52.7 Å². The van der Waals surface area contributed by atoms with Crippen molar-refractivity contribution in [3.8, 4) is 0 Å². The molecular weight excluding hydrogens is 775 g/mol. The van der Waals surface area contributed by atoms with Crippen molar-refractivity contribution in [1.82, 2.24) is 15.1 Å². The van der Waals surface area contributed by atoms with Crippen molar-refractivity contribution in [2.75, 3.05) is 53.6 Å². The van der Waals surface area contributed by atoms with Crippen molar-refractivity contribution in [2.45, 2.75) is 135 Å². The van der Waals surface area contributed by atoms with Gasteiger partial charge in [0.05, 0.1) is 62.2 Å². The summed E-state index contributed by atoms with van der Waals surface area (Å²) in [6.07, 6.45) is -3.62. The largest absolute Gasteiger partial charge is 0.458 e. The zero-order chi connectivity index (χ0) is 43.5. The van der Waals surface area contributed by atoms with Gasteiger partial charge >= 0.3 is 12.1 Å². The normalized spacial score (nSPS) is 39.7. The number of likely N-dealkylation sites (N-methyl/N-ethyl adjacent to an activating group) is 1. The van der Waals surface area contributed by atoms with E-state index in [1.807, 2.05) is 59.7 Å². The maximum atomic E-state index is 14.5. The molecule has 0 aliphatic carbocycles. The Morgan fingerprint density at radius 1 is 1.08 bits per heavy atom. The predicted octanol–water partition coefficient (Wildman–Crippen LogP) is 4.08. The second kappa shape index (κ2) is 19.2. The smallest absolute Gasteiger partial charge is 0.410 e. The average Bonchev–Trinajstić information content (AvgIpc) is 3.36. The second-order valence-electron chi connectivity index (χ2n) is 18.0. The number of hydrogen-bond donors (Lipinski definition) is 2. The van der Waals surface area contributed by atoms with E-state index >= 15 is 0 Å². The molecule has 4 bridgehead atoms. The van der Waals surface area contributed by atoms with Crippen molar-refractivity contribution in [2.24, 2.45) is 33.8 Å². The Kier molecular flexibility index (Phi) is 14.6. The predicted molar refractivity (Wildman–Crippen MR) is 223 cm³/mol. The Hall–Kier alpha value is -3.67. The molecule has 16 nitrogen and oxygen atoms in total. The molecule has 1 aromatic carbocycles. The fraction of sp³-hybridized carbons (Fsp3) is 0.750. The number of fused-ring (bicyclic) bond motifs is 4. The van der Waals surface area contributed by atoms with Crippen LogP contribution < -0.4 is 5.32 Å². The van der Waals surface area contributed by atoms with E-state index in [1.165, 1.54) is 0 Å². The molecule has 5 aliphatic heterocycles. The van der Waals surface area contributed by atoms with Crippen LogP contribution in [0, 0.1) is 23.7 Å². The number of cyclic esters (lactones) is 1. The number of carbonyl (C=O) groups is 3. The van der Waals surface area contributed by atoms with Gasteiger partial charge in [0.2, 0.25) is 0 Å². The van der Waals surface area contributed by atoms with Crippen LogP contribution in [0.5, 0.6) is 0 Å². The lowest BCUT2D eigenvalue weighted by Gasteiger charge is -2.48. The van der Waals surface area contributed by atoms with Gasteiger partial charge in [-0.3, -0.25) is 19.5 Å². The quantitative estimate of drug-likeness (QED) is 0.207. The van der Waals surface area contributed by atoms with Crippen molar-refractivity contribution in [3.05, 3.63) is 35.9 Å². The van der Waals surface area contributed by atoms with Gasteiger partial charge < -0.3 is 48.6 Å². The maximum absolute atomic E-state index is 14.5. The number of nitrogens with zero attached hydrogens (tertiary/aromatic N) is 4. The van der Waals surface area contributed by atoms with E-state index in [0.29, 0.717) is 43.6 Å². The SMILES string of the molecule is CC[C@@H]1OC(=O)[C@H](C)[C@H]2OCC(=NOCCNC(=O)c3ccccc3)CO[C@](C)(C[C@@H](C)C3=NCCN4C(=O)O[C@@]1(C)[C@H]4[C@H]3C)[C@@H](O[C@H]1O[C@@H](C)C[C@@H](N(C)C)[C@@H]1O)[C@@H]2C. The zero-order valence-electron chi connectivity index (χ0n) is 37.0. The van der Waals surface area contributed by atoms with E-state index in [4.69, 9.17) is 38.3 Å². The summed E-state index contributed by atoms with van der Waals surface area (Å²) in [5.74, 6) is -2.58. The standard InChI is InChI=1S/C44H67N5O11/c1-11-33-44(8)37-27(4)34(45-17-19-49(37)42(53)60-44)25(2)22-43(7)38(59-41-35(50)32(48(9)10)21-26(3)57-41)28(5)36(29(6)40(52)58-33)54-23-31(24-55-43)47-56-20-18-46-39(51)30-15-13-12-14-16-30/h12-16,25-29,32-33,35-38,41,50H,11,17-24H2,1-10H3,(H,46,51)/t25-,26+,27+,28-,29-,32-,33+,35+,36+,37-,38+,41-,43-,44-/m1/s1. The summed E-state index contributed by atoms with van der Waals surface area (Å²) in [5, 5.41) is 19.0. The Balaban J connectivity index is 1.38. The van der Waals surface area contributed by atoms with Gasteiger partial charge in [-0.05, 0) is 79.1 Å². The molecule has 0 saturated carbocycles. The summed E-state index contributed by atoms with van der Waals surface area (Å²) in [6, 6.07) is 8.24. The number of aliphatic hydroxyl groups is 1. The molecule has 5 aliphatic rings. The number of esters is 1. The van der Waals surface area contributed by atoms with Crippen LogP contribution in [-0.4, -0.2) is 158 Å². The highest BCUT2D eigenvalue weighted by Gasteiger charge is 2.60. The molecule has 1 aromatic rings. The lowest BCUT2D eigenvalue weighted by atomic mass is 9.72. The minimum atomic E-state index is -1.15. The third kappa shape index (κ3) is 9.53. The summed E-state index contributed by atoms with van der Waals surface area (Å²) in [5.41, 5.74) is -0.405. The molecule has 334 valence electrons. The lowest BCUT2D eigenvalue weighted by Crippen LogP contribution is -2.60. The number of oxime groups is 1. The first-order valence-corrected chi connectivity index (χ1v) is 21.6. The van der Waals surface area contributed by atoms with Gasteiger partial charge in [0.1, 0.15) is 24.5 Å². The summed E-state index contributed by atoms with van der Waals surface area (Å²) in [7, 11) is 3.85. The Labute approximate surface area is 354 Å². The molecule has 5 heterocycles. The first kappa shape index (κ1) is 45.8. The lowest BCUT2D eigenvalue weighted by molar-refractivity contribution is -0.302. The van der Waals surface area contributed by atoms with Gasteiger partial charge in [0, 0.05) is 35.7 Å². The van der Waals surface area contributed by atoms with E-state index in [1.54, 1.807) is 36.1 Å². The number of carbonyl (C=O) groups excluding carboxylic acids is 3. The molecule has 0 unspecified atom stereocenters. The zero-order valence-corrected chi connectivity index (χ0v) is 37.0. The van der Waals surface area contributed by atoms with E-state index in [-0.39, 0.29) is 56.3 Å². The second-order valence-corrected chi connectivity index (χ2v) is 18.0. The molecule has 16 heteroatoms. The first-order chi connectivity index (χ1) is 28.5. The Bertz CT molecular complexity index is 1730. The van der Waals surface area contributed by atoms with Crippen LogP contribution in [0.1, 0.15) is 85.0 Å². The van der Waals surface area contributed by atoms with Crippen LogP contribution in [-0.2, 0) is 38.1 Å². The third-order valence-electron chi connectivity index (χ3n) is 13.3. The molecule has 4 saturated heterocycles. The van der Waals surface area contributed by atoms with Gasteiger partial charge in [-0.1, -0.05) is 51.0 Å². The van der Waals surface area contributed by atoms with E-state index < -0.39 is 71.8 Å². The van der Waals surface area contributed by atoms with Crippen LogP contribution in [0.25, 0.3) is 0 Å². The van der Waals surface area contributed by atoms with Crippen LogP contribution in [0.2, 0.25) is 0 Å². The molecule has 60 heavy (non-hydrogen) atoms.